The van der Waals surface area contributed by atoms with Gasteiger partial charge < -0.3 is 4.57 Å². The van der Waals surface area contributed by atoms with Crippen LogP contribution in [0.2, 0.25) is 0 Å². The molecule has 6 nitrogen and oxygen atoms in total. The fraction of sp³-hybridized carbons (Fsp3) is 0.273. The first-order valence-corrected chi connectivity index (χ1v) is 9.60. The zero-order valence-corrected chi connectivity index (χ0v) is 15.9. The molecule has 0 N–H and O–H groups in total. The molecule has 0 saturated heterocycles. The monoisotopic (exact) mass is 368 g/mol. The van der Waals surface area contributed by atoms with Gasteiger partial charge in [-0.3, -0.25) is 0 Å². The van der Waals surface area contributed by atoms with Gasteiger partial charge in [-0.15, -0.1) is 5.10 Å². The van der Waals surface area contributed by atoms with E-state index in [4.69, 9.17) is 4.98 Å². The molecule has 4 aromatic rings. The van der Waals surface area contributed by atoms with Crippen molar-refractivity contribution < 1.29 is 0 Å². The van der Waals surface area contributed by atoms with Gasteiger partial charge in [0.15, 0.2) is 11.5 Å². The smallest absolute Gasteiger partial charge is 0.226 e. The summed E-state index contributed by atoms with van der Waals surface area (Å²) in [5, 5.41) is 4.60. The molecule has 5 rings (SSSR count). The van der Waals surface area contributed by atoms with Crippen LogP contribution in [-0.4, -0.2) is 29.1 Å². The lowest BCUT2D eigenvalue weighted by atomic mass is 10.2. The summed E-state index contributed by atoms with van der Waals surface area (Å²) in [5.41, 5.74) is 3.85. The third kappa shape index (κ3) is 2.95. The molecular formula is C22H20N6. The highest BCUT2D eigenvalue weighted by atomic mass is 15.3. The van der Waals surface area contributed by atoms with Gasteiger partial charge in [-0.05, 0) is 38.5 Å². The molecule has 0 spiro atoms. The molecule has 0 atom stereocenters. The van der Waals surface area contributed by atoms with E-state index in [1.807, 2.05) is 46.6 Å². The van der Waals surface area contributed by atoms with Crippen LogP contribution in [-0.2, 0) is 6.54 Å². The molecule has 6 heteroatoms. The fourth-order valence-corrected chi connectivity index (χ4v) is 3.29. The molecule has 0 amide bonds. The summed E-state index contributed by atoms with van der Waals surface area (Å²) in [6.45, 7) is 4.89. The second kappa shape index (κ2) is 6.61. The first-order valence-electron chi connectivity index (χ1n) is 9.60. The van der Waals surface area contributed by atoms with Crippen LogP contribution in [0.4, 0.5) is 0 Å². The van der Waals surface area contributed by atoms with Crippen LogP contribution in [0, 0.1) is 18.8 Å². The average molecular weight is 368 g/mol. The molecule has 1 aliphatic carbocycles. The number of benzene rings is 1. The molecule has 0 aliphatic heterocycles. The third-order valence-corrected chi connectivity index (χ3v) is 4.98. The zero-order chi connectivity index (χ0) is 19.1. The Morgan fingerprint density at radius 2 is 1.93 bits per heavy atom. The number of imidazole rings is 1. The van der Waals surface area contributed by atoms with Crippen molar-refractivity contribution >= 4 is 5.65 Å². The summed E-state index contributed by atoms with van der Waals surface area (Å²) >= 11 is 0. The number of hydrogen-bond acceptors (Lipinski definition) is 4. The molecule has 0 bridgehead atoms. The topological polar surface area (TPSA) is 60.9 Å². The molecule has 1 aromatic carbocycles. The van der Waals surface area contributed by atoms with E-state index < -0.39 is 0 Å². The van der Waals surface area contributed by atoms with Crippen LogP contribution in [0.1, 0.15) is 48.7 Å². The van der Waals surface area contributed by atoms with Crippen LogP contribution in [0.5, 0.6) is 0 Å². The number of rotatable bonds is 3. The van der Waals surface area contributed by atoms with Crippen molar-refractivity contribution in [1.82, 2.24) is 29.1 Å². The standard InChI is InChI=1S/C22H20N6/c1-3-27-14-18(16-7-5-4-6-8-16)24-20(27)12-11-19-25-21-15(2)13-23-22(17-9-10-17)28(21)26-19/h4-8,13-14,17H,3,9-10H2,1-2H3. The van der Waals surface area contributed by atoms with E-state index in [0.717, 1.165) is 40.7 Å². The quantitative estimate of drug-likeness (QED) is 0.519. The Balaban J connectivity index is 1.53. The Hall–Kier alpha value is -3.46. The van der Waals surface area contributed by atoms with E-state index in [1.165, 1.54) is 12.8 Å². The van der Waals surface area contributed by atoms with Crippen molar-refractivity contribution in [3.05, 3.63) is 65.8 Å². The molecule has 0 unspecified atom stereocenters. The summed E-state index contributed by atoms with van der Waals surface area (Å²) in [6.07, 6.45) is 6.25. The predicted octanol–water partition coefficient (Wildman–Crippen LogP) is 3.59. The predicted molar refractivity (Wildman–Crippen MR) is 107 cm³/mol. The molecule has 1 fully saturated rings. The highest BCUT2D eigenvalue weighted by molar-refractivity contribution is 5.59. The minimum atomic E-state index is 0.498. The van der Waals surface area contributed by atoms with Gasteiger partial charge in [0.2, 0.25) is 5.82 Å². The van der Waals surface area contributed by atoms with Crippen LogP contribution < -0.4 is 0 Å². The molecule has 1 aliphatic rings. The second-order valence-corrected chi connectivity index (χ2v) is 7.10. The van der Waals surface area contributed by atoms with E-state index in [9.17, 15) is 0 Å². The van der Waals surface area contributed by atoms with Crippen LogP contribution in [0.25, 0.3) is 16.9 Å². The van der Waals surface area contributed by atoms with Gasteiger partial charge in [-0.2, -0.15) is 9.50 Å². The highest BCUT2D eigenvalue weighted by Gasteiger charge is 2.28. The van der Waals surface area contributed by atoms with Crippen LogP contribution in [0.15, 0.2) is 42.7 Å². The number of fused-ring (bicyclic) bond motifs is 1. The number of aryl methyl sites for hydroxylation is 2. The Bertz CT molecular complexity index is 1220. The lowest BCUT2D eigenvalue weighted by Crippen LogP contribution is -2.02. The van der Waals surface area contributed by atoms with Gasteiger partial charge in [0.25, 0.3) is 0 Å². The lowest BCUT2D eigenvalue weighted by Gasteiger charge is -2.01. The summed E-state index contributed by atoms with van der Waals surface area (Å²) in [5.74, 6) is 8.97. The minimum Gasteiger partial charge on any atom is -0.324 e. The van der Waals surface area contributed by atoms with Crippen molar-refractivity contribution in [3.63, 3.8) is 0 Å². The summed E-state index contributed by atoms with van der Waals surface area (Å²) < 4.78 is 3.91. The first-order chi connectivity index (χ1) is 13.7. The zero-order valence-electron chi connectivity index (χ0n) is 15.9. The van der Waals surface area contributed by atoms with E-state index in [0.29, 0.717) is 11.7 Å². The molecule has 3 aromatic heterocycles. The lowest BCUT2D eigenvalue weighted by molar-refractivity contribution is 0.750. The molecule has 28 heavy (non-hydrogen) atoms. The van der Waals surface area contributed by atoms with Gasteiger partial charge in [0.05, 0.1) is 5.69 Å². The van der Waals surface area contributed by atoms with Crippen molar-refractivity contribution in [2.45, 2.75) is 39.2 Å². The molecule has 3 heterocycles. The fourth-order valence-electron chi connectivity index (χ4n) is 3.29. The van der Waals surface area contributed by atoms with Gasteiger partial charge in [0, 0.05) is 36.0 Å². The summed E-state index contributed by atoms with van der Waals surface area (Å²) in [6, 6.07) is 10.1. The maximum absolute atomic E-state index is 4.71. The molecule has 0 radical (unpaired) electrons. The second-order valence-electron chi connectivity index (χ2n) is 7.10. The minimum absolute atomic E-state index is 0.498. The van der Waals surface area contributed by atoms with Gasteiger partial charge in [-0.1, -0.05) is 30.3 Å². The first kappa shape index (κ1) is 16.7. The Kier molecular flexibility index (Phi) is 3.94. The molecular weight excluding hydrogens is 348 g/mol. The number of hydrogen-bond donors (Lipinski definition) is 0. The average Bonchev–Trinajstić information content (AvgIpc) is 3.33. The van der Waals surface area contributed by atoms with Gasteiger partial charge in [0.1, 0.15) is 5.82 Å². The number of nitrogens with zero attached hydrogens (tertiary/aromatic N) is 6. The summed E-state index contributed by atoms with van der Waals surface area (Å²) in [7, 11) is 0. The third-order valence-electron chi connectivity index (χ3n) is 4.98. The largest absolute Gasteiger partial charge is 0.324 e. The number of aromatic nitrogens is 6. The Morgan fingerprint density at radius 1 is 1.11 bits per heavy atom. The normalized spacial score (nSPS) is 13.5. The van der Waals surface area contributed by atoms with E-state index in [-0.39, 0.29) is 0 Å². The van der Waals surface area contributed by atoms with Crippen molar-refractivity contribution in [1.29, 1.82) is 0 Å². The Morgan fingerprint density at radius 3 is 2.68 bits per heavy atom. The van der Waals surface area contributed by atoms with Crippen molar-refractivity contribution in [2.75, 3.05) is 0 Å². The van der Waals surface area contributed by atoms with Gasteiger partial charge in [-0.25, -0.2) is 9.97 Å². The highest BCUT2D eigenvalue weighted by Crippen LogP contribution is 2.38. The maximum atomic E-state index is 4.71. The van der Waals surface area contributed by atoms with Crippen molar-refractivity contribution in [3.8, 4) is 23.1 Å². The van der Waals surface area contributed by atoms with Crippen molar-refractivity contribution in [2.24, 2.45) is 0 Å². The SMILES string of the molecule is CCn1cc(-c2ccccc2)nc1C#Cc1nc2c(C)cnc(C3CC3)n2n1. The van der Waals surface area contributed by atoms with Gasteiger partial charge >= 0.3 is 0 Å². The van der Waals surface area contributed by atoms with Crippen LogP contribution in [0.3, 0.4) is 0 Å². The maximum Gasteiger partial charge on any atom is 0.226 e. The van der Waals surface area contributed by atoms with E-state index in [1.54, 1.807) is 0 Å². The Labute approximate surface area is 163 Å². The van der Waals surface area contributed by atoms with E-state index in [2.05, 4.69) is 46.0 Å². The molecule has 1 saturated carbocycles. The molecule has 138 valence electrons. The van der Waals surface area contributed by atoms with Crippen LogP contribution >= 0.6 is 0 Å². The van der Waals surface area contributed by atoms with E-state index >= 15 is 0 Å². The summed E-state index contributed by atoms with van der Waals surface area (Å²) in [4.78, 5) is 13.9.